The van der Waals surface area contributed by atoms with Gasteiger partial charge in [-0.15, -0.1) is 5.10 Å². The zero-order valence-electron chi connectivity index (χ0n) is 13.6. The molecule has 0 fully saturated rings. The molecule has 0 atom stereocenters. The monoisotopic (exact) mass is 348 g/mol. The largest absolute Gasteiger partial charge is 0.453 e. The Kier molecular flexibility index (Phi) is 3.34. The van der Waals surface area contributed by atoms with E-state index in [1.807, 2.05) is 25.2 Å². The van der Waals surface area contributed by atoms with Crippen LogP contribution in [0.15, 0.2) is 24.3 Å². The average Bonchev–Trinajstić information content (AvgIpc) is 3.11. The summed E-state index contributed by atoms with van der Waals surface area (Å²) >= 11 is 0. The van der Waals surface area contributed by atoms with Crippen molar-refractivity contribution in [2.24, 2.45) is 0 Å². The van der Waals surface area contributed by atoms with E-state index in [1.54, 1.807) is 13.0 Å². The van der Waals surface area contributed by atoms with E-state index in [4.69, 9.17) is 0 Å². The maximum atomic E-state index is 12.9. The van der Waals surface area contributed by atoms with E-state index in [2.05, 4.69) is 25.3 Å². The second-order valence-electron chi connectivity index (χ2n) is 6.07. The molecule has 0 saturated heterocycles. The summed E-state index contributed by atoms with van der Waals surface area (Å²) in [5.74, 6) is -0.915. The number of likely N-dealkylation sites (N-methyl/N-ethyl adjacent to an activating group) is 1. The number of halogens is 3. The van der Waals surface area contributed by atoms with Gasteiger partial charge in [-0.25, -0.2) is 4.98 Å². The lowest BCUT2D eigenvalue weighted by Gasteiger charge is -2.14. The van der Waals surface area contributed by atoms with Crippen LogP contribution < -0.4 is 10.2 Å². The van der Waals surface area contributed by atoms with Crippen LogP contribution in [-0.4, -0.2) is 33.2 Å². The number of anilines is 3. The predicted molar refractivity (Wildman–Crippen MR) is 87.2 cm³/mol. The normalized spacial score (nSPS) is 14.2. The molecule has 9 heteroatoms. The zero-order chi connectivity index (χ0) is 17.8. The van der Waals surface area contributed by atoms with Crippen LogP contribution in [-0.2, 0) is 12.6 Å². The number of hydrogen-bond acceptors (Lipinski definition) is 5. The van der Waals surface area contributed by atoms with E-state index >= 15 is 0 Å². The fraction of sp³-hybridized carbons (Fsp3) is 0.312. The quantitative estimate of drug-likeness (QED) is 0.771. The molecule has 1 N–H and O–H groups in total. The summed E-state index contributed by atoms with van der Waals surface area (Å²) in [6.45, 7) is 2.65. The summed E-state index contributed by atoms with van der Waals surface area (Å²) in [7, 11) is 2.01. The molecule has 2 aromatic heterocycles. The van der Waals surface area contributed by atoms with Gasteiger partial charge in [0.2, 0.25) is 0 Å². The van der Waals surface area contributed by atoms with Crippen molar-refractivity contribution in [3.05, 3.63) is 41.3 Å². The molecule has 4 rings (SSSR count). The van der Waals surface area contributed by atoms with Crippen LogP contribution in [0.25, 0.3) is 5.78 Å². The van der Waals surface area contributed by atoms with Crippen molar-refractivity contribution < 1.29 is 13.2 Å². The first-order valence-electron chi connectivity index (χ1n) is 7.74. The number of benzene rings is 1. The van der Waals surface area contributed by atoms with Crippen molar-refractivity contribution in [1.29, 1.82) is 0 Å². The molecule has 6 nitrogen and oxygen atoms in total. The molecule has 0 saturated carbocycles. The summed E-state index contributed by atoms with van der Waals surface area (Å²) in [4.78, 5) is 9.65. The highest BCUT2D eigenvalue weighted by Crippen LogP contribution is 2.31. The van der Waals surface area contributed by atoms with Crippen LogP contribution in [0.4, 0.5) is 30.4 Å². The lowest BCUT2D eigenvalue weighted by molar-refractivity contribution is -0.144. The first-order valence-corrected chi connectivity index (χ1v) is 7.74. The van der Waals surface area contributed by atoms with Gasteiger partial charge in [-0.2, -0.15) is 22.7 Å². The van der Waals surface area contributed by atoms with E-state index in [0.29, 0.717) is 11.5 Å². The third-order valence-corrected chi connectivity index (χ3v) is 4.18. The lowest BCUT2D eigenvalue weighted by atomic mass is 10.1. The number of nitrogens with zero attached hydrogens (tertiary/aromatic N) is 5. The first-order chi connectivity index (χ1) is 11.8. The molecule has 1 aliphatic rings. The van der Waals surface area contributed by atoms with Gasteiger partial charge in [0.1, 0.15) is 5.82 Å². The van der Waals surface area contributed by atoms with E-state index in [-0.39, 0.29) is 5.78 Å². The van der Waals surface area contributed by atoms with Gasteiger partial charge in [0.15, 0.2) is 0 Å². The molecule has 3 heterocycles. The van der Waals surface area contributed by atoms with Crippen molar-refractivity contribution >= 4 is 23.0 Å². The lowest BCUT2D eigenvalue weighted by Crippen LogP contribution is -2.12. The fourth-order valence-electron chi connectivity index (χ4n) is 2.96. The molecule has 0 radical (unpaired) electrons. The van der Waals surface area contributed by atoms with Crippen LogP contribution in [0, 0.1) is 6.92 Å². The van der Waals surface area contributed by atoms with Crippen molar-refractivity contribution in [2.75, 3.05) is 23.8 Å². The first kappa shape index (κ1) is 15.7. The van der Waals surface area contributed by atoms with Crippen molar-refractivity contribution in [3.63, 3.8) is 0 Å². The molecule has 0 spiro atoms. The van der Waals surface area contributed by atoms with Crippen LogP contribution in [0.1, 0.15) is 17.1 Å². The minimum absolute atomic E-state index is 0.0897. The predicted octanol–water partition coefficient (Wildman–Crippen LogP) is 3.19. The van der Waals surface area contributed by atoms with Gasteiger partial charge in [0, 0.05) is 36.7 Å². The number of rotatable bonds is 2. The molecule has 3 aromatic rings. The second-order valence-corrected chi connectivity index (χ2v) is 6.07. The molecule has 25 heavy (non-hydrogen) atoms. The van der Waals surface area contributed by atoms with E-state index < -0.39 is 12.0 Å². The maximum absolute atomic E-state index is 12.9. The summed E-state index contributed by atoms with van der Waals surface area (Å²) in [5.41, 5.74) is 3.68. The summed E-state index contributed by atoms with van der Waals surface area (Å²) in [6.07, 6.45) is -3.63. The van der Waals surface area contributed by atoms with E-state index in [0.717, 1.165) is 28.9 Å². The number of aromatic nitrogens is 4. The highest BCUT2D eigenvalue weighted by atomic mass is 19.4. The Morgan fingerprint density at radius 2 is 1.96 bits per heavy atom. The highest BCUT2D eigenvalue weighted by Gasteiger charge is 2.36. The zero-order valence-corrected chi connectivity index (χ0v) is 13.6. The maximum Gasteiger partial charge on any atom is 0.453 e. The van der Waals surface area contributed by atoms with Gasteiger partial charge < -0.3 is 10.2 Å². The third kappa shape index (κ3) is 2.75. The van der Waals surface area contributed by atoms with Crippen LogP contribution in [0.3, 0.4) is 0 Å². The van der Waals surface area contributed by atoms with E-state index in [9.17, 15) is 13.2 Å². The van der Waals surface area contributed by atoms with Crippen molar-refractivity contribution in [3.8, 4) is 0 Å². The number of nitrogens with one attached hydrogen (secondary N) is 1. The smallest absolute Gasteiger partial charge is 0.374 e. The minimum Gasteiger partial charge on any atom is -0.374 e. The Bertz CT molecular complexity index is 962. The Morgan fingerprint density at radius 3 is 2.72 bits per heavy atom. The minimum atomic E-state index is -4.62. The number of fused-ring (bicyclic) bond motifs is 2. The second kappa shape index (κ2) is 5.33. The molecule has 0 unspecified atom stereocenters. The standard InChI is InChI=1S/C16H15F3N6/c1-9-7-13(25-15(20-9)22-14(23-25)16(17,18)19)21-11-4-3-10-5-6-24(2)12(10)8-11/h3-4,7-8,21H,5-6H2,1-2H3. The third-order valence-electron chi connectivity index (χ3n) is 4.18. The van der Waals surface area contributed by atoms with Gasteiger partial charge in [0.25, 0.3) is 11.6 Å². The number of aryl methyl sites for hydroxylation is 1. The van der Waals surface area contributed by atoms with Crippen molar-refractivity contribution in [1.82, 2.24) is 19.6 Å². The Balaban J connectivity index is 1.76. The topological polar surface area (TPSA) is 58.4 Å². The average molecular weight is 348 g/mol. The summed E-state index contributed by atoms with van der Waals surface area (Å²) < 4.78 is 39.7. The van der Waals surface area contributed by atoms with Gasteiger partial charge in [-0.1, -0.05) is 6.07 Å². The fourth-order valence-corrected chi connectivity index (χ4v) is 2.96. The Hall–Kier alpha value is -2.84. The highest BCUT2D eigenvalue weighted by molar-refractivity contribution is 5.69. The van der Waals surface area contributed by atoms with Gasteiger partial charge in [-0.3, -0.25) is 0 Å². The van der Waals surface area contributed by atoms with Crippen LogP contribution in [0.5, 0.6) is 0 Å². The summed E-state index contributed by atoms with van der Waals surface area (Å²) in [5, 5.41) is 6.68. The Morgan fingerprint density at radius 1 is 1.16 bits per heavy atom. The Labute approximate surface area is 141 Å². The molecule has 1 aliphatic heterocycles. The molecular weight excluding hydrogens is 333 g/mol. The molecule has 0 aliphatic carbocycles. The number of hydrogen-bond donors (Lipinski definition) is 1. The molecule has 0 bridgehead atoms. The van der Waals surface area contributed by atoms with Gasteiger partial charge in [0.05, 0.1) is 0 Å². The van der Waals surface area contributed by atoms with Crippen LogP contribution in [0.2, 0.25) is 0 Å². The van der Waals surface area contributed by atoms with Gasteiger partial charge in [-0.05, 0) is 31.0 Å². The summed E-state index contributed by atoms with van der Waals surface area (Å²) in [6, 6.07) is 7.54. The van der Waals surface area contributed by atoms with Crippen LogP contribution >= 0.6 is 0 Å². The molecular formula is C16H15F3N6. The van der Waals surface area contributed by atoms with Gasteiger partial charge >= 0.3 is 6.18 Å². The molecule has 130 valence electrons. The van der Waals surface area contributed by atoms with Crippen molar-refractivity contribution in [2.45, 2.75) is 19.5 Å². The SMILES string of the molecule is Cc1cc(Nc2ccc3c(c2)N(C)CC3)n2nc(C(F)(F)F)nc2n1. The number of alkyl halides is 3. The molecule has 1 aromatic carbocycles. The molecule has 0 amide bonds. The van der Waals surface area contributed by atoms with E-state index in [1.165, 1.54) is 5.56 Å².